The summed E-state index contributed by atoms with van der Waals surface area (Å²) in [6.07, 6.45) is 1.95. The zero-order valence-electron chi connectivity index (χ0n) is 12.9. The largest absolute Gasteiger partial charge is 0.369 e. The number of nitrogens with one attached hydrogen (secondary N) is 1. The van der Waals surface area contributed by atoms with E-state index in [1.165, 1.54) is 0 Å². The molecule has 1 aromatic heterocycles. The van der Waals surface area contributed by atoms with Crippen LogP contribution in [0.25, 0.3) is 0 Å². The second kappa shape index (κ2) is 6.70. The SMILES string of the molecule is CCC(CC)(CN)CNc1nc(C)cc(C)c1C(N)=O. The van der Waals surface area contributed by atoms with Crippen LogP contribution in [0.3, 0.4) is 0 Å². The number of aryl methyl sites for hydroxylation is 2. The minimum atomic E-state index is -0.455. The molecule has 0 aliphatic rings. The van der Waals surface area contributed by atoms with Gasteiger partial charge in [-0.1, -0.05) is 13.8 Å². The number of primary amides is 1. The van der Waals surface area contributed by atoms with Crippen molar-refractivity contribution in [2.75, 3.05) is 18.4 Å². The van der Waals surface area contributed by atoms with E-state index in [0.717, 1.165) is 24.1 Å². The van der Waals surface area contributed by atoms with Crippen molar-refractivity contribution in [1.82, 2.24) is 4.98 Å². The Labute approximate surface area is 121 Å². The highest BCUT2D eigenvalue weighted by Crippen LogP contribution is 2.26. The van der Waals surface area contributed by atoms with Crippen molar-refractivity contribution >= 4 is 11.7 Å². The average molecular weight is 278 g/mol. The molecule has 112 valence electrons. The third-order valence-electron chi connectivity index (χ3n) is 4.15. The first-order valence-electron chi connectivity index (χ1n) is 7.11. The maximum absolute atomic E-state index is 11.6. The van der Waals surface area contributed by atoms with Gasteiger partial charge in [-0.15, -0.1) is 0 Å². The molecule has 0 aromatic carbocycles. The van der Waals surface area contributed by atoms with E-state index in [0.29, 0.717) is 24.5 Å². The summed E-state index contributed by atoms with van der Waals surface area (Å²) >= 11 is 0. The Morgan fingerprint density at radius 2 is 1.95 bits per heavy atom. The minimum Gasteiger partial charge on any atom is -0.369 e. The van der Waals surface area contributed by atoms with Crippen LogP contribution >= 0.6 is 0 Å². The molecule has 5 nitrogen and oxygen atoms in total. The van der Waals surface area contributed by atoms with Gasteiger partial charge in [0.05, 0.1) is 5.56 Å². The van der Waals surface area contributed by atoms with Gasteiger partial charge in [0.2, 0.25) is 0 Å². The highest BCUT2D eigenvalue weighted by atomic mass is 16.1. The van der Waals surface area contributed by atoms with Crippen molar-refractivity contribution in [2.24, 2.45) is 16.9 Å². The van der Waals surface area contributed by atoms with Gasteiger partial charge < -0.3 is 16.8 Å². The fraction of sp³-hybridized carbons (Fsp3) is 0.600. The van der Waals surface area contributed by atoms with Crippen LogP contribution in [-0.2, 0) is 0 Å². The van der Waals surface area contributed by atoms with Crippen molar-refractivity contribution in [3.63, 3.8) is 0 Å². The molecule has 0 atom stereocenters. The topological polar surface area (TPSA) is 94.0 Å². The molecule has 0 radical (unpaired) electrons. The molecule has 0 bridgehead atoms. The molecule has 0 saturated carbocycles. The fourth-order valence-corrected chi connectivity index (χ4v) is 2.41. The lowest BCUT2D eigenvalue weighted by Gasteiger charge is -2.31. The number of anilines is 1. The van der Waals surface area contributed by atoms with E-state index >= 15 is 0 Å². The summed E-state index contributed by atoms with van der Waals surface area (Å²) in [6, 6.07) is 1.86. The number of pyridine rings is 1. The second-order valence-corrected chi connectivity index (χ2v) is 5.43. The van der Waals surface area contributed by atoms with Crippen molar-refractivity contribution in [3.05, 3.63) is 22.9 Å². The van der Waals surface area contributed by atoms with Crippen molar-refractivity contribution in [1.29, 1.82) is 0 Å². The van der Waals surface area contributed by atoms with Gasteiger partial charge >= 0.3 is 0 Å². The van der Waals surface area contributed by atoms with Crippen LogP contribution in [0.2, 0.25) is 0 Å². The van der Waals surface area contributed by atoms with Crippen molar-refractivity contribution < 1.29 is 4.79 Å². The maximum Gasteiger partial charge on any atom is 0.252 e. The Balaban J connectivity index is 3.06. The quantitative estimate of drug-likeness (QED) is 0.710. The highest BCUT2D eigenvalue weighted by Gasteiger charge is 2.25. The predicted octanol–water partition coefficient (Wildman–Crippen LogP) is 1.97. The lowest BCUT2D eigenvalue weighted by molar-refractivity contribution is 0.1000. The molecule has 0 saturated heterocycles. The number of nitrogens with zero attached hydrogens (tertiary/aromatic N) is 1. The third kappa shape index (κ3) is 3.48. The highest BCUT2D eigenvalue weighted by molar-refractivity contribution is 5.99. The number of aromatic nitrogens is 1. The standard InChI is InChI=1S/C15H26N4O/c1-5-15(6-2,8-16)9-18-14-12(13(17)20)10(3)7-11(4)19-14/h7H,5-6,8-9,16H2,1-4H3,(H2,17,20)(H,18,19). The number of hydrogen-bond donors (Lipinski definition) is 3. The Morgan fingerprint density at radius 3 is 2.40 bits per heavy atom. The van der Waals surface area contributed by atoms with Gasteiger partial charge in [-0.2, -0.15) is 0 Å². The van der Waals surface area contributed by atoms with E-state index in [1.807, 2.05) is 19.9 Å². The normalized spacial score (nSPS) is 11.4. The second-order valence-electron chi connectivity index (χ2n) is 5.43. The number of carbonyl (C=O) groups excluding carboxylic acids is 1. The summed E-state index contributed by atoms with van der Waals surface area (Å²) < 4.78 is 0. The van der Waals surface area contributed by atoms with Gasteiger partial charge in [0.1, 0.15) is 5.82 Å². The molecule has 5 N–H and O–H groups in total. The van der Waals surface area contributed by atoms with Gasteiger partial charge in [0.15, 0.2) is 0 Å². The van der Waals surface area contributed by atoms with Crippen LogP contribution in [0.1, 0.15) is 48.3 Å². The average Bonchev–Trinajstić information content (AvgIpc) is 2.39. The molecular formula is C15H26N4O. The van der Waals surface area contributed by atoms with E-state index in [2.05, 4.69) is 24.1 Å². The predicted molar refractivity (Wildman–Crippen MR) is 82.8 cm³/mol. The molecule has 0 aliphatic carbocycles. The van der Waals surface area contributed by atoms with Gasteiger partial charge in [-0.25, -0.2) is 4.98 Å². The van der Waals surface area contributed by atoms with E-state index in [4.69, 9.17) is 11.5 Å². The van der Waals surface area contributed by atoms with Gasteiger partial charge in [-0.3, -0.25) is 4.79 Å². The molecule has 20 heavy (non-hydrogen) atoms. The van der Waals surface area contributed by atoms with Gasteiger partial charge in [-0.05, 0) is 50.3 Å². The number of rotatable bonds is 7. The first-order valence-corrected chi connectivity index (χ1v) is 7.11. The van der Waals surface area contributed by atoms with Crippen LogP contribution < -0.4 is 16.8 Å². The first kappa shape index (κ1) is 16.4. The Morgan fingerprint density at radius 1 is 1.35 bits per heavy atom. The molecular weight excluding hydrogens is 252 g/mol. The molecule has 1 amide bonds. The molecule has 0 unspecified atom stereocenters. The minimum absolute atomic E-state index is 0.0221. The lowest BCUT2D eigenvalue weighted by Crippen LogP contribution is -2.36. The summed E-state index contributed by atoms with van der Waals surface area (Å²) in [6.45, 7) is 9.31. The van der Waals surface area contributed by atoms with Crippen LogP contribution in [0.5, 0.6) is 0 Å². The van der Waals surface area contributed by atoms with Crippen molar-refractivity contribution in [2.45, 2.75) is 40.5 Å². The van der Waals surface area contributed by atoms with E-state index in [-0.39, 0.29) is 5.41 Å². The zero-order chi connectivity index (χ0) is 15.3. The van der Waals surface area contributed by atoms with E-state index in [1.54, 1.807) is 0 Å². The maximum atomic E-state index is 11.6. The summed E-state index contributed by atoms with van der Waals surface area (Å²) in [5.41, 5.74) is 13.6. The smallest absolute Gasteiger partial charge is 0.252 e. The van der Waals surface area contributed by atoms with E-state index in [9.17, 15) is 4.79 Å². The summed E-state index contributed by atoms with van der Waals surface area (Å²) in [7, 11) is 0. The Bertz CT molecular complexity index is 473. The molecule has 5 heteroatoms. The molecule has 1 heterocycles. The number of carbonyl (C=O) groups is 1. The molecule has 0 aliphatic heterocycles. The van der Waals surface area contributed by atoms with Crippen molar-refractivity contribution in [3.8, 4) is 0 Å². The summed E-state index contributed by atoms with van der Waals surface area (Å²) in [4.78, 5) is 16.0. The Kier molecular flexibility index (Phi) is 5.51. The summed E-state index contributed by atoms with van der Waals surface area (Å²) in [5.74, 6) is 0.110. The third-order valence-corrected chi connectivity index (χ3v) is 4.15. The van der Waals surface area contributed by atoms with Crippen LogP contribution in [-0.4, -0.2) is 24.0 Å². The number of amides is 1. The molecule has 1 aromatic rings. The monoisotopic (exact) mass is 278 g/mol. The number of nitrogens with two attached hydrogens (primary N) is 2. The van der Waals surface area contributed by atoms with Gasteiger partial charge in [0, 0.05) is 12.2 Å². The number of hydrogen-bond acceptors (Lipinski definition) is 4. The van der Waals surface area contributed by atoms with Crippen LogP contribution in [0, 0.1) is 19.3 Å². The lowest BCUT2D eigenvalue weighted by atomic mass is 9.82. The van der Waals surface area contributed by atoms with E-state index < -0.39 is 5.91 Å². The molecule has 0 spiro atoms. The first-order chi connectivity index (χ1) is 9.39. The summed E-state index contributed by atoms with van der Waals surface area (Å²) in [5, 5.41) is 3.28. The Hall–Kier alpha value is -1.62. The zero-order valence-corrected chi connectivity index (χ0v) is 12.9. The molecule has 1 rings (SSSR count). The fourth-order valence-electron chi connectivity index (χ4n) is 2.41. The molecule has 0 fully saturated rings. The van der Waals surface area contributed by atoms with Crippen LogP contribution in [0.15, 0.2) is 6.07 Å². The van der Waals surface area contributed by atoms with Crippen LogP contribution in [0.4, 0.5) is 5.82 Å². The van der Waals surface area contributed by atoms with Gasteiger partial charge in [0.25, 0.3) is 5.91 Å².